The molecule has 0 saturated carbocycles. The van der Waals surface area contributed by atoms with Crippen LogP contribution in [-0.2, 0) is 17.3 Å². The molecule has 36 heavy (non-hydrogen) atoms. The minimum absolute atomic E-state index is 0.000866. The van der Waals surface area contributed by atoms with Crippen LogP contribution < -0.4 is 4.90 Å². The van der Waals surface area contributed by atoms with Crippen molar-refractivity contribution in [2.45, 2.75) is 13.0 Å². The normalized spacial score (nSPS) is 14.4. The van der Waals surface area contributed by atoms with Crippen LogP contribution in [-0.4, -0.2) is 49.9 Å². The number of furan rings is 1. The predicted octanol–water partition coefficient (Wildman–Crippen LogP) is 5.13. The number of carbonyl (C=O) groups is 1. The number of urea groups is 1. The van der Waals surface area contributed by atoms with Gasteiger partial charge in [0.2, 0.25) is 5.89 Å². The molecule has 2 aromatic heterocycles. The maximum atomic E-state index is 13.5. The Kier molecular flexibility index (Phi) is 6.90. The minimum Gasteiger partial charge on any atom is -0.472 e. The Hall–Kier alpha value is -3.86. The van der Waals surface area contributed by atoms with Crippen LogP contribution in [0.4, 0.5) is 19.3 Å². The molecule has 186 valence electrons. The number of hydrogen-bond acceptors (Lipinski definition) is 6. The molecule has 0 aliphatic carbocycles. The second-order valence-electron chi connectivity index (χ2n) is 8.21. The number of benzene rings is 2. The summed E-state index contributed by atoms with van der Waals surface area (Å²) in [6, 6.07) is 16.2. The first kappa shape index (κ1) is 23.9. The fourth-order valence-corrected chi connectivity index (χ4v) is 4.96. The van der Waals surface area contributed by atoms with E-state index in [1.54, 1.807) is 46.6 Å². The van der Waals surface area contributed by atoms with Crippen LogP contribution in [0.25, 0.3) is 22.6 Å². The number of hydrogen-bond donors (Lipinski definition) is 0. The molecule has 4 aromatic rings. The van der Waals surface area contributed by atoms with Gasteiger partial charge in [-0.15, -0.1) is 10.2 Å². The predicted molar refractivity (Wildman–Crippen MR) is 130 cm³/mol. The van der Waals surface area contributed by atoms with Gasteiger partial charge >= 0.3 is 12.5 Å². The zero-order chi connectivity index (χ0) is 25.1. The molecule has 5 rings (SSSR count). The van der Waals surface area contributed by atoms with Crippen molar-refractivity contribution in [3.05, 3.63) is 78.6 Å². The molecule has 0 spiro atoms. The topological polar surface area (TPSA) is 92.7 Å². The molecule has 0 unspecified atom stereocenters. The lowest BCUT2D eigenvalue weighted by atomic mass is 10.1. The average Bonchev–Trinajstić information content (AvgIpc) is 3.61. The Labute approximate surface area is 208 Å². The Morgan fingerprint density at radius 2 is 1.67 bits per heavy atom. The van der Waals surface area contributed by atoms with E-state index >= 15 is 0 Å². The fraction of sp³-hybridized carbons (Fsp3) is 0.240. The van der Waals surface area contributed by atoms with Crippen molar-refractivity contribution in [3.8, 4) is 22.6 Å². The van der Waals surface area contributed by atoms with Crippen LogP contribution in [0.5, 0.6) is 0 Å². The fourth-order valence-electron chi connectivity index (χ4n) is 3.91. The maximum absolute atomic E-state index is 13.5. The van der Waals surface area contributed by atoms with Crippen LogP contribution in [0.15, 0.2) is 76.0 Å². The van der Waals surface area contributed by atoms with Crippen molar-refractivity contribution in [3.63, 3.8) is 0 Å². The summed E-state index contributed by atoms with van der Waals surface area (Å²) in [6.45, 7) is 1.13. The zero-order valence-corrected chi connectivity index (χ0v) is 19.9. The van der Waals surface area contributed by atoms with Gasteiger partial charge in [-0.1, -0.05) is 24.3 Å². The van der Waals surface area contributed by atoms with Gasteiger partial charge in [-0.3, -0.25) is 9.11 Å². The van der Waals surface area contributed by atoms with Gasteiger partial charge in [0.05, 0.1) is 19.1 Å². The third kappa shape index (κ3) is 5.20. The second kappa shape index (κ2) is 10.4. The largest absolute Gasteiger partial charge is 0.472 e. The minimum atomic E-state index is -2.84. The summed E-state index contributed by atoms with van der Waals surface area (Å²) in [7, 11) is -0.904. The monoisotopic (exact) mass is 512 g/mol. The summed E-state index contributed by atoms with van der Waals surface area (Å²) in [4.78, 5) is 16.9. The van der Waals surface area contributed by atoms with Crippen molar-refractivity contribution in [1.29, 1.82) is 0 Å². The first-order chi connectivity index (χ1) is 17.5. The number of rotatable bonds is 6. The smallest absolute Gasteiger partial charge is 0.324 e. The van der Waals surface area contributed by atoms with Gasteiger partial charge in [0.1, 0.15) is 0 Å². The SMILES string of the molecule is O=C(N1CCS(=O)CC1)N(Cc1ccc(-c2nnc(C(F)F)o2)cc1)c1ccc(-c2ccoc2)cc1. The zero-order valence-electron chi connectivity index (χ0n) is 19.0. The van der Waals surface area contributed by atoms with E-state index in [1.165, 1.54) is 0 Å². The maximum Gasteiger partial charge on any atom is 0.324 e. The van der Waals surface area contributed by atoms with Crippen LogP contribution in [0.1, 0.15) is 17.9 Å². The van der Waals surface area contributed by atoms with Gasteiger partial charge in [0.25, 0.3) is 5.89 Å². The molecule has 2 aromatic carbocycles. The molecular formula is C25H22F2N4O4S. The van der Waals surface area contributed by atoms with Crippen molar-refractivity contribution >= 4 is 22.5 Å². The summed E-state index contributed by atoms with van der Waals surface area (Å²) in [6.07, 6.45) is 0.421. The van der Waals surface area contributed by atoms with E-state index in [4.69, 9.17) is 8.83 Å². The first-order valence-electron chi connectivity index (χ1n) is 11.2. The lowest BCUT2D eigenvalue weighted by Gasteiger charge is -2.33. The average molecular weight is 513 g/mol. The number of aromatic nitrogens is 2. The van der Waals surface area contributed by atoms with Gasteiger partial charge in [-0.2, -0.15) is 8.78 Å². The highest BCUT2D eigenvalue weighted by Crippen LogP contribution is 2.27. The summed E-state index contributed by atoms with van der Waals surface area (Å²) in [5.74, 6) is 0.185. The van der Waals surface area contributed by atoms with E-state index in [-0.39, 0.29) is 18.5 Å². The van der Waals surface area contributed by atoms with E-state index < -0.39 is 23.1 Å². The van der Waals surface area contributed by atoms with E-state index in [1.807, 2.05) is 30.3 Å². The number of alkyl halides is 2. The quantitative estimate of drug-likeness (QED) is 0.356. The molecule has 1 fully saturated rings. The van der Waals surface area contributed by atoms with Crippen molar-refractivity contribution in [2.24, 2.45) is 0 Å². The molecule has 2 amide bonds. The highest BCUT2D eigenvalue weighted by atomic mass is 32.2. The molecule has 0 bridgehead atoms. The Morgan fingerprint density at radius 1 is 0.972 bits per heavy atom. The lowest BCUT2D eigenvalue weighted by Crippen LogP contribution is -2.48. The van der Waals surface area contributed by atoms with Gasteiger partial charge in [0.15, 0.2) is 0 Å². The van der Waals surface area contributed by atoms with Crippen molar-refractivity contribution in [1.82, 2.24) is 15.1 Å². The van der Waals surface area contributed by atoms with E-state index in [9.17, 15) is 17.8 Å². The number of carbonyl (C=O) groups excluding carboxylic acids is 1. The summed E-state index contributed by atoms with van der Waals surface area (Å²) in [5, 5.41) is 7.03. The highest BCUT2D eigenvalue weighted by Gasteiger charge is 2.26. The molecule has 1 saturated heterocycles. The molecule has 0 atom stereocenters. The number of halogens is 2. The summed E-state index contributed by atoms with van der Waals surface area (Å²) < 4.78 is 47.5. The molecule has 8 nitrogen and oxygen atoms in total. The highest BCUT2D eigenvalue weighted by molar-refractivity contribution is 7.85. The van der Waals surface area contributed by atoms with Gasteiger partial charge in [0, 0.05) is 52.2 Å². The molecule has 1 aliphatic heterocycles. The molecule has 0 radical (unpaired) electrons. The first-order valence-corrected chi connectivity index (χ1v) is 12.7. The molecule has 11 heteroatoms. The van der Waals surface area contributed by atoms with Gasteiger partial charge in [-0.25, -0.2) is 4.79 Å². The molecular weight excluding hydrogens is 490 g/mol. The second-order valence-corrected chi connectivity index (χ2v) is 9.90. The van der Waals surface area contributed by atoms with E-state index in [2.05, 4.69) is 10.2 Å². The van der Waals surface area contributed by atoms with Crippen LogP contribution >= 0.6 is 0 Å². The van der Waals surface area contributed by atoms with E-state index in [0.717, 1.165) is 16.7 Å². The third-order valence-electron chi connectivity index (χ3n) is 5.88. The molecule has 3 heterocycles. The lowest BCUT2D eigenvalue weighted by molar-refractivity contribution is 0.116. The molecule has 1 aliphatic rings. The summed E-state index contributed by atoms with van der Waals surface area (Å²) >= 11 is 0. The van der Waals surface area contributed by atoms with Crippen molar-refractivity contribution in [2.75, 3.05) is 29.5 Å². The number of amides is 2. The number of nitrogens with zero attached hydrogens (tertiary/aromatic N) is 4. The van der Waals surface area contributed by atoms with Crippen LogP contribution in [0, 0.1) is 0 Å². The standard InChI is InChI=1S/C25H22F2N4O4S/c26-22(27)24-29-28-23(35-24)19-3-1-17(2-4-19)15-31(25(32)30-10-13-36(33)14-11-30)21-7-5-18(6-8-21)20-9-12-34-16-20/h1-9,12,16,22H,10-11,13-15H2. The molecule has 0 N–H and O–H groups in total. The Balaban J connectivity index is 1.39. The number of anilines is 1. The van der Waals surface area contributed by atoms with E-state index in [0.29, 0.717) is 35.8 Å². The summed E-state index contributed by atoms with van der Waals surface area (Å²) in [5.41, 5.74) is 3.92. The van der Waals surface area contributed by atoms with Crippen LogP contribution in [0.3, 0.4) is 0 Å². The van der Waals surface area contributed by atoms with Crippen LogP contribution in [0.2, 0.25) is 0 Å². The third-order valence-corrected chi connectivity index (χ3v) is 7.16. The van der Waals surface area contributed by atoms with Gasteiger partial charge < -0.3 is 13.7 Å². The van der Waals surface area contributed by atoms with Gasteiger partial charge in [-0.05, 0) is 41.5 Å². The van der Waals surface area contributed by atoms with Crippen molar-refractivity contribution < 1.29 is 26.6 Å². The Morgan fingerprint density at radius 3 is 2.28 bits per heavy atom. The Bertz CT molecular complexity index is 1330.